The number of ether oxygens (including phenoxy) is 2. The van der Waals surface area contributed by atoms with E-state index in [4.69, 9.17) is 9.47 Å². The van der Waals surface area contributed by atoms with Crippen molar-refractivity contribution >= 4 is 0 Å². The smallest absolute Gasteiger partial charge is 0.0674 e. The average molecular weight is 230 g/mol. The van der Waals surface area contributed by atoms with E-state index in [-0.39, 0.29) is 0 Å². The van der Waals surface area contributed by atoms with Crippen LogP contribution in [0.5, 0.6) is 0 Å². The fourth-order valence-corrected chi connectivity index (χ4v) is 2.08. The SMILES string of the molecule is CCC1COC(C)CN1CCNCCOC. The van der Waals surface area contributed by atoms with Gasteiger partial charge in [0.2, 0.25) is 0 Å². The van der Waals surface area contributed by atoms with Gasteiger partial charge in [0.15, 0.2) is 0 Å². The highest BCUT2D eigenvalue weighted by atomic mass is 16.5. The van der Waals surface area contributed by atoms with Gasteiger partial charge >= 0.3 is 0 Å². The van der Waals surface area contributed by atoms with Gasteiger partial charge in [-0.3, -0.25) is 4.90 Å². The Balaban J connectivity index is 2.16. The van der Waals surface area contributed by atoms with E-state index < -0.39 is 0 Å². The minimum Gasteiger partial charge on any atom is -0.383 e. The average Bonchev–Trinajstić information content (AvgIpc) is 2.29. The summed E-state index contributed by atoms with van der Waals surface area (Å²) in [5.74, 6) is 0. The van der Waals surface area contributed by atoms with Crippen molar-refractivity contribution in [2.24, 2.45) is 0 Å². The van der Waals surface area contributed by atoms with Crippen LogP contribution >= 0.6 is 0 Å². The van der Waals surface area contributed by atoms with Crippen molar-refractivity contribution in [3.63, 3.8) is 0 Å². The molecule has 1 N–H and O–H groups in total. The first-order valence-corrected chi connectivity index (χ1v) is 6.33. The molecule has 1 rings (SSSR count). The maximum atomic E-state index is 5.67. The van der Waals surface area contributed by atoms with E-state index in [1.165, 1.54) is 6.42 Å². The fraction of sp³-hybridized carbons (Fsp3) is 1.00. The third kappa shape index (κ3) is 4.78. The fourth-order valence-electron chi connectivity index (χ4n) is 2.08. The number of hydrogen-bond donors (Lipinski definition) is 1. The number of rotatable bonds is 7. The summed E-state index contributed by atoms with van der Waals surface area (Å²) in [4.78, 5) is 2.54. The van der Waals surface area contributed by atoms with Gasteiger partial charge in [-0.25, -0.2) is 0 Å². The van der Waals surface area contributed by atoms with Crippen molar-refractivity contribution in [1.82, 2.24) is 10.2 Å². The third-order valence-electron chi connectivity index (χ3n) is 3.11. The van der Waals surface area contributed by atoms with Crippen molar-refractivity contribution in [3.05, 3.63) is 0 Å². The van der Waals surface area contributed by atoms with E-state index in [0.717, 1.165) is 39.4 Å². The summed E-state index contributed by atoms with van der Waals surface area (Å²) in [5.41, 5.74) is 0. The van der Waals surface area contributed by atoms with E-state index >= 15 is 0 Å². The molecule has 4 heteroatoms. The second-order valence-corrected chi connectivity index (χ2v) is 4.44. The van der Waals surface area contributed by atoms with E-state index in [9.17, 15) is 0 Å². The summed E-state index contributed by atoms with van der Waals surface area (Å²) in [6, 6.07) is 0.598. The molecule has 1 aliphatic heterocycles. The molecule has 4 nitrogen and oxygen atoms in total. The van der Waals surface area contributed by atoms with E-state index in [0.29, 0.717) is 12.1 Å². The normalized spacial score (nSPS) is 27.2. The van der Waals surface area contributed by atoms with Crippen LogP contribution in [0.3, 0.4) is 0 Å². The molecule has 0 aromatic rings. The first kappa shape index (κ1) is 13.9. The van der Waals surface area contributed by atoms with Gasteiger partial charge in [0.05, 0.1) is 19.3 Å². The molecule has 0 aliphatic carbocycles. The van der Waals surface area contributed by atoms with Gasteiger partial charge in [0.1, 0.15) is 0 Å². The predicted molar refractivity (Wildman–Crippen MR) is 65.8 cm³/mol. The van der Waals surface area contributed by atoms with Crippen LogP contribution in [0.4, 0.5) is 0 Å². The molecule has 0 spiro atoms. The molecule has 2 atom stereocenters. The minimum absolute atomic E-state index is 0.377. The van der Waals surface area contributed by atoms with Crippen LogP contribution in [0.25, 0.3) is 0 Å². The zero-order chi connectivity index (χ0) is 11.8. The summed E-state index contributed by atoms with van der Waals surface area (Å²) in [7, 11) is 1.73. The van der Waals surface area contributed by atoms with Crippen LogP contribution in [-0.2, 0) is 9.47 Å². The largest absolute Gasteiger partial charge is 0.383 e. The topological polar surface area (TPSA) is 33.7 Å². The van der Waals surface area contributed by atoms with Crippen LogP contribution in [0, 0.1) is 0 Å². The van der Waals surface area contributed by atoms with Crippen molar-refractivity contribution in [2.45, 2.75) is 32.4 Å². The molecular weight excluding hydrogens is 204 g/mol. The predicted octanol–water partition coefficient (Wildman–Crippen LogP) is 0.722. The number of morpholine rings is 1. The summed E-state index contributed by atoms with van der Waals surface area (Å²) in [5, 5.41) is 3.39. The molecule has 0 bridgehead atoms. The Bertz CT molecular complexity index is 178. The molecule has 0 aromatic carbocycles. The van der Waals surface area contributed by atoms with Gasteiger partial charge in [-0.15, -0.1) is 0 Å². The lowest BCUT2D eigenvalue weighted by Crippen LogP contribution is -2.50. The first-order chi connectivity index (χ1) is 7.77. The quantitative estimate of drug-likeness (QED) is 0.654. The van der Waals surface area contributed by atoms with Crippen LogP contribution in [0.15, 0.2) is 0 Å². The van der Waals surface area contributed by atoms with E-state index in [1.54, 1.807) is 7.11 Å². The number of nitrogens with zero attached hydrogens (tertiary/aromatic N) is 1. The molecule has 1 aliphatic rings. The minimum atomic E-state index is 0.377. The zero-order valence-electron chi connectivity index (χ0n) is 10.9. The van der Waals surface area contributed by atoms with Gasteiger partial charge in [0, 0.05) is 39.3 Å². The van der Waals surface area contributed by atoms with Crippen LogP contribution in [-0.4, -0.2) is 63.5 Å². The molecule has 1 saturated heterocycles. The van der Waals surface area contributed by atoms with Gasteiger partial charge < -0.3 is 14.8 Å². The van der Waals surface area contributed by atoms with E-state index in [2.05, 4.69) is 24.1 Å². The Morgan fingerprint density at radius 2 is 2.25 bits per heavy atom. The highest BCUT2D eigenvalue weighted by Crippen LogP contribution is 2.13. The highest BCUT2D eigenvalue weighted by Gasteiger charge is 2.24. The lowest BCUT2D eigenvalue weighted by molar-refractivity contribution is -0.0551. The molecule has 1 fully saturated rings. The molecule has 1 heterocycles. The monoisotopic (exact) mass is 230 g/mol. The highest BCUT2D eigenvalue weighted by molar-refractivity contribution is 4.77. The standard InChI is InChI=1S/C12H26N2O2/c1-4-12-10-16-11(2)9-14(12)7-5-13-6-8-15-3/h11-13H,4-10H2,1-3H3. The van der Waals surface area contributed by atoms with Crippen LogP contribution in [0.2, 0.25) is 0 Å². The molecular formula is C12H26N2O2. The lowest BCUT2D eigenvalue weighted by atomic mass is 10.1. The van der Waals surface area contributed by atoms with Crippen LogP contribution in [0.1, 0.15) is 20.3 Å². The van der Waals surface area contributed by atoms with Gasteiger partial charge in [-0.2, -0.15) is 0 Å². The first-order valence-electron chi connectivity index (χ1n) is 6.33. The Morgan fingerprint density at radius 1 is 1.44 bits per heavy atom. The summed E-state index contributed by atoms with van der Waals surface area (Å²) in [6.07, 6.45) is 1.55. The zero-order valence-corrected chi connectivity index (χ0v) is 10.9. The molecule has 0 aromatic heterocycles. The van der Waals surface area contributed by atoms with Crippen molar-refractivity contribution in [1.29, 1.82) is 0 Å². The Kier molecular flexibility index (Phi) is 6.96. The summed E-state index contributed by atoms with van der Waals surface area (Å²) < 4.78 is 10.7. The molecule has 16 heavy (non-hydrogen) atoms. The Hall–Kier alpha value is -0.160. The van der Waals surface area contributed by atoms with Gasteiger partial charge in [-0.05, 0) is 13.3 Å². The molecule has 0 radical (unpaired) electrons. The summed E-state index contributed by atoms with van der Waals surface area (Å²) >= 11 is 0. The van der Waals surface area contributed by atoms with E-state index in [1.807, 2.05) is 0 Å². The Labute approximate surface area is 99.3 Å². The van der Waals surface area contributed by atoms with Crippen LogP contribution < -0.4 is 5.32 Å². The van der Waals surface area contributed by atoms with Crippen molar-refractivity contribution in [3.8, 4) is 0 Å². The second kappa shape index (κ2) is 8.01. The molecule has 2 unspecified atom stereocenters. The van der Waals surface area contributed by atoms with Gasteiger partial charge in [-0.1, -0.05) is 6.92 Å². The summed E-state index contributed by atoms with van der Waals surface area (Å²) in [6.45, 7) is 10.2. The lowest BCUT2D eigenvalue weighted by Gasteiger charge is -2.38. The van der Waals surface area contributed by atoms with Gasteiger partial charge in [0.25, 0.3) is 0 Å². The van der Waals surface area contributed by atoms with Crippen molar-refractivity contribution in [2.75, 3.05) is 46.5 Å². The maximum Gasteiger partial charge on any atom is 0.0674 e. The Morgan fingerprint density at radius 3 is 2.94 bits per heavy atom. The number of hydrogen-bond acceptors (Lipinski definition) is 4. The molecule has 0 amide bonds. The maximum absolute atomic E-state index is 5.67. The van der Waals surface area contributed by atoms with Crippen molar-refractivity contribution < 1.29 is 9.47 Å². The third-order valence-corrected chi connectivity index (χ3v) is 3.11. The number of nitrogens with one attached hydrogen (secondary N) is 1. The second-order valence-electron chi connectivity index (χ2n) is 4.44. The number of methoxy groups -OCH3 is 1. The molecule has 96 valence electrons. The molecule has 0 saturated carbocycles.